The number of hydrogen-bond donors (Lipinski definition) is 2. The lowest BCUT2D eigenvalue weighted by Crippen LogP contribution is -2.44. The van der Waals surface area contributed by atoms with Crippen LogP contribution in [0.4, 0.5) is 21.4 Å². The lowest BCUT2D eigenvalue weighted by atomic mass is 10.2. The second kappa shape index (κ2) is 9.27. The lowest BCUT2D eigenvalue weighted by molar-refractivity contribution is 0.579. The monoisotopic (exact) mass is 425 g/mol. The first-order chi connectivity index (χ1) is 14.6. The molecule has 1 saturated heterocycles. The molecule has 156 valence electrons. The molecule has 1 fully saturated rings. The van der Waals surface area contributed by atoms with Crippen molar-refractivity contribution in [3.8, 4) is 0 Å². The minimum absolute atomic E-state index is 0.276. The number of thiazole rings is 1. The summed E-state index contributed by atoms with van der Waals surface area (Å²) in [5.41, 5.74) is 0.746. The molecule has 1 aliphatic heterocycles. The highest BCUT2D eigenvalue weighted by molar-refractivity contribution is 7.15. The standard InChI is InChI=1S/C21H24FN7S/c1-14(2)17-13-24-21(30-17)28-19-25-18(7-6-15-4-3-5-16(22)12-15)26-20(27-19)29-10-8-23-9-11-29/h3-7,12-14,23H,8-11H2,1-2H3,(H,24,25,26,27,28)/b7-6+. The maximum Gasteiger partial charge on any atom is 0.234 e. The highest BCUT2D eigenvalue weighted by atomic mass is 32.1. The van der Waals surface area contributed by atoms with Crippen molar-refractivity contribution in [2.75, 3.05) is 36.4 Å². The molecule has 9 heteroatoms. The van der Waals surface area contributed by atoms with Gasteiger partial charge in [0.05, 0.1) is 0 Å². The largest absolute Gasteiger partial charge is 0.338 e. The van der Waals surface area contributed by atoms with Crippen molar-refractivity contribution in [3.05, 3.63) is 52.5 Å². The lowest BCUT2D eigenvalue weighted by Gasteiger charge is -2.27. The van der Waals surface area contributed by atoms with Gasteiger partial charge >= 0.3 is 0 Å². The molecule has 7 nitrogen and oxygen atoms in total. The van der Waals surface area contributed by atoms with E-state index in [0.29, 0.717) is 23.6 Å². The summed E-state index contributed by atoms with van der Waals surface area (Å²) in [7, 11) is 0. The van der Waals surface area contributed by atoms with Gasteiger partial charge in [-0.1, -0.05) is 32.1 Å². The predicted molar refractivity (Wildman–Crippen MR) is 120 cm³/mol. The Morgan fingerprint density at radius 3 is 2.73 bits per heavy atom. The van der Waals surface area contributed by atoms with Crippen molar-refractivity contribution >= 4 is 40.5 Å². The van der Waals surface area contributed by atoms with Crippen molar-refractivity contribution < 1.29 is 4.39 Å². The second-order valence-corrected chi connectivity index (χ2v) is 8.35. The molecule has 3 aromatic rings. The first-order valence-corrected chi connectivity index (χ1v) is 10.8. The van der Waals surface area contributed by atoms with Crippen LogP contribution in [0.3, 0.4) is 0 Å². The minimum Gasteiger partial charge on any atom is -0.338 e. The number of hydrogen-bond acceptors (Lipinski definition) is 8. The van der Waals surface area contributed by atoms with Crippen LogP contribution in [0, 0.1) is 5.82 Å². The molecule has 3 heterocycles. The molecule has 0 radical (unpaired) electrons. The summed E-state index contributed by atoms with van der Waals surface area (Å²) in [5.74, 6) is 1.71. The van der Waals surface area contributed by atoms with Gasteiger partial charge in [-0.25, -0.2) is 9.37 Å². The molecule has 2 N–H and O–H groups in total. The van der Waals surface area contributed by atoms with E-state index in [-0.39, 0.29) is 5.82 Å². The van der Waals surface area contributed by atoms with Gasteiger partial charge in [0.15, 0.2) is 11.0 Å². The highest BCUT2D eigenvalue weighted by Gasteiger charge is 2.16. The summed E-state index contributed by atoms with van der Waals surface area (Å²) < 4.78 is 13.5. The Morgan fingerprint density at radius 1 is 1.17 bits per heavy atom. The Bertz CT molecular complexity index is 1030. The zero-order valence-corrected chi connectivity index (χ0v) is 17.8. The fourth-order valence-corrected chi connectivity index (χ4v) is 3.82. The number of nitrogens with zero attached hydrogens (tertiary/aromatic N) is 5. The van der Waals surface area contributed by atoms with Gasteiger partial charge in [-0.2, -0.15) is 15.0 Å². The molecule has 30 heavy (non-hydrogen) atoms. The van der Waals surface area contributed by atoms with Crippen LogP contribution in [0.5, 0.6) is 0 Å². The van der Waals surface area contributed by atoms with Gasteiger partial charge in [-0.15, -0.1) is 11.3 Å². The Labute approximate surface area is 179 Å². The van der Waals surface area contributed by atoms with Gasteiger partial charge in [0.25, 0.3) is 0 Å². The molecule has 0 amide bonds. The Kier molecular flexibility index (Phi) is 6.29. The van der Waals surface area contributed by atoms with Crippen LogP contribution in [0.15, 0.2) is 30.5 Å². The number of rotatable bonds is 6. The van der Waals surface area contributed by atoms with Crippen molar-refractivity contribution in [1.82, 2.24) is 25.3 Å². The molecule has 0 unspecified atom stereocenters. The van der Waals surface area contributed by atoms with Gasteiger partial charge in [-0.05, 0) is 29.7 Å². The molecule has 2 aromatic heterocycles. The van der Waals surface area contributed by atoms with E-state index in [1.54, 1.807) is 29.6 Å². The van der Waals surface area contributed by atoms with Gasteiger partial charge in [0.1, 0.15) is 5.82 Å². The van der Waals surface area contributed by atoms with Crippen LogP contribution in [0.25, 0.3) is 12.2 Å². The molecule has 0 atom stereocenters. The maximum absolute atomic E-state index is 13.5. The van der Waals surface area contributed by atoms with Crippen molar-refractivity contribution in [2.24, 2.45) is 0 Å². The molecule has 0 aliphatic carbocycles. The number of aromatic nitrogens is 4. The summed E-state index contributed by atoms with van der Waals surface area (Å²) >= 11 is 1.59. The smallest absolute Gasteiger partial charge is 0.234 e. The third-order valence-electron chi connectivity index (χ3n) is 4.63. The number of piperazine rings is 1. The van der Waals surface area contributed by atoms with Crippen LogP contribution < -0.4 is 15.5 Å². The minimum atomic E-state index is -0.276. The Hall–Kier alpha value is -2.91. The summed E-state index contributed by atoms with van der Waals surface area (Å²) in [6.45, 7) is 7.69. The Balaban J connectivity index is 1.63. The molecule has 0 saturated carbocycles. The number of nitrogens with one attached hydrogen (secondary N) is 2. The van der Waals surface area contributed by atoms with E-state index >= 15 is 0 Å². The highest BCUT2D eigenvalue weighted by Crippen LogP contribution is 2.27. The van der Waals surface area contributed by atoms with E-state index in [1.807, 2.05) is 12.3 Å². The van der Waals surface area contributed by atoms with E-state index in [9.17, 15) is 4.39 Å². The molecule has 1 aromatic carbocycles. The fourth-order valence-electron chi connectivity index (χ4n) is 3.01. The predicted octanol–water partition coefficient (Wildman–Crippen LogP) is 3.91. The SMILES string of the molecule is CC(C)c1cnc(Nc2nc(/C=C/c3cccc(F)c3)nc(N3CCNCC3)n2)s1. The Morgan fingerprint density at radius 2 is 2.00 bits per heavy atom. The molecular weight excluding hydrogens is 401 g/mol. The van der Waals surface area contributed by atoms with E-state index < -0.39 is 0 Å². The molecular formula is C21H24FN7S. The second-order valence-electron chi connectivity index (χ2n) is 7.29. The average molecular weight is 426 g/mol. The van der Waals surface area contributed by atoms with E-state index in [1.165, 1.54) is 17.0 Å². The van der Waals surface area contributed by atoms with Crippen LogP contribution in [-0.2, 0) is 0 Å². The van der Waals surface area contributed by atoms with Crippen LogP contribution in [0.2, 0.25) is 0 Å². The van der Waals surface area contributed by atoms with E-state index in [2.05, 4.69) is 49.3 Å². The number of benzene rings is 1. The van der Waals surface area contributed by atoms with Crippen molar-refractivity contribution in [3.63, 3.8) is 0 Å². The molecule has 1 aliphatic rings. The summed E-state index contributed by atoms with van der Waals surface area (Å²) in [5, 5.41) is 7.29. The van der Waals surface area contributed by atoms with Crippen LogP contribution >= 0.6 is 11.3 Å². The first-order valence-electron chi connectivity index (χ1n) is 9.95. The van der Waals surface area contributed by atoms with Crippen molar-refractivity contribution in [1.29, 1.82) is 0 Å². The normalized spacial score (nSPS) is 14.6. The summed E-state index contributed by atoms with van der Waals surface area (Å²) in [6.07, 6.45) is 5.44. The van der Waals surface area contributed by atoms with E-state index in [4.69, 9.17) is 0 Å². The molecule has 0 spiro atoms. The summed E-state index contributed by atoms with van der Waals surface area (Å²) in [4.78, 5) is 21.5. The quantitative estimate of drug-likeness (QED) is 0.620. The van der Waals surface area contributed by atoms with E-state index in [0.717, 1.165) is 36.9 Å². The number of halogens is 1. The number of anilines is 3. The van der Waals surface area contributed by atoms with Crippen LogP contribution in [0.1, 0.15) is 36.0 Å². The first kappa shape index (κ1) is 20.4. The average Bonchev–Trinajstić information content (AvgIpc) is 3.22. The third kappa shape index (κ3) is 5.17. The van der Waals surface area contributed by atoms with Gasteiger partial charge in [-0.3, -0.25) is 5.32 Å². The van der Waals surface area contributed by atoms with Crippen LogP contribution in [-0.4, -0.2) is 46.1 Å². The van der Waals surface area contributed by atoms with Gasteiger partial charge in [0.2, 0.25) is 11.9 Å². The molecule has 0 bridgehead atoms. The van der Waals surface area contributed by atoms with Crippen molar-refractivity contribution in [2.45, 2.75) is 19.8 Å². The van der Waals surface area contributed by atoms with Gasteiger partial charge < -0.3 is 10.2 Å². The molecule has 4 rings (SSSR count). The summed E-state index contributed by atoms with van der Waals surface area (Å²) in [6, 6.07) is 6.40. The zero-order chi connectivity index (χ0) is 20.9. The third-order valence-corrected chi connectivity index (χ3v) is 5.84. The topological polar surface area (TPSA) is 78.9 Å². The maximum atomic E-state index is 13.5. The fraction of sp³-hybridized carbons (Fsp3) is 0.333. The zero-order valence-electron chi connectivity index (χ0n) is 17.0. The van der Waals surface area contributed by atoms with Gasteiger partial charge in [0, 0.05) is 37.3 Å².